The first-order valence-corrected chi connectivity index (χ1v) is 7.47. The lowest BCUT2D eigenvalue weighted by Crippen LogP contribution is -2.38. The third-order valence-electron chi connectivity index (χ3n) is 3.84. The van der Waals surface area contributed by atoms with Crippen LogP contribution in [0.15, 0.2) is 18.3 Å². The van der Waals surface area contributed by atoms with Gasteiger partial charge in [-0.25, -0.2) is 4.98 Å². The lowest BCUT2D eigenvalue weighted by molar-refractivity contribution is -0.185. The lowest BCUT2D eigenvalue weighted by Gasteiger charge is -2.32. The van der Waals surface area contributed by atoms with E-state index in [2.05, 4.69) is 22.1 Å². The Morgan fingerprint density at radius 3 is 2.52 bits per heavy atom. The van der Waals surface area contributed by atoms with Crippen molar-refractivity contribution in [3.8, 4) is 0 Å². The Morgan fingerprint density at radius 1 is 1.29 bits per heavy atom. The number of piperidine rings is 1. The second-order valence-corrected chi connectivity index (χ2v) is 5.57. The monoisotopic (exact) mass is 301 g/mol. The SMILES string of the molecule is CCCNc1ccc(CN2CCC(C(F)(F)F)CC2)cn1. The summed E-state index contributed by atoms with van der Waals surface area (Å²) < 4.78 is 37.8. The Kier molecular flexibility index (Phi) is 5.45. The van der Waals surface area contributed by atoms with E-state index in [1.54, 1.807) is 6.20 Å². The predicted octanol–water partition coefficient (Wildman–Crippen LogP) is 3.68. The molecule has 0 aliphatic carbocycles. The van der Waals surface area contributed by atoms with Crippen LogP contribution in [-0.4, -0.2) is 35.7 Å². The van der Waals surface area contributed by atoms with Crippen molar-refractivity contribution in [2.24, 2.45) is 5.92 Å². The predicted molar refractivity (Wildman–Crippen MR) is 77.1 cm³/mol. The van der Waals surface area contributed by atoms with Crippen molar-refractivity contribution in [1.82, 2.24) is 9.88 Å². The van der Waals surface area contributed by atoms with E-state index in [0.717, 1.165) is 24.3 Å². The number of halogens is 3. The zero-order valence-corrected chi connectivity index (χ0v) is 12.3. The van der Waals surface area contributed by atoms with Crippen LogP contribution >= 0.6 is 0 Å². The molecule has 118 valence electrons. The number of likely N-dealkylation sites (tertiary alicyclic amines) is 1. The highest BCUT2D eigenvalue weighted by molar-refractivity contribution is 5.35. The van der Waals surface area contributed by atoms with Gasteiger partial charge in [0.1, 0.15) is 5.82 Å². The number of nitrogens with zero attached hydrogens (tertiary/aromatic N) is 2. The molecule has 21 heavy (non-hydrogen) atoms. The summed E-state index contributed by atoms with van der Waals surface area (Å²) in [5.41, 5.74) is 1.04. The number of hydrogen-bond acceptors (Lipinski definition) is 3. The van der Waals surface area contributed by atoms with Gasteiger partial charge in [0.2, 0.25) is 0 Å². The number of alkyl halides is 3. The van der Waals surface area contributed by atoms with Gasteiger partial charge >= 0.3 is 6.18 Å². The molecule has 2 rings (SSSR count). The first kappa shape index (κ1) is 16.1. The van der Waals surface area contributed by atoms with Gasteiger partial charge in [0.15, 0.2) is 0 Å². The van der Waals surface area contributed by atoms with Gasteiger partial charge in [0.05, 0.1) is 5.92 Å². The standard InChI is InChI=1S/C15H22F3N3/c1-2-7-19-14-4-3-12(10-20-14)11-21-8-5-13(6-9-21)15(16,17)18/h3-4,10,13H,2,5-9,11H2,1H3,(H,19,20). The van der Waals surface area contributed by atoms with Gasteiger partial charge < -0.3 is 5.32 Å². The molecule has 0 saturated carbocycles. The maximum Gasteiger partial charge on any atom is 0.391 e. The normalized spacial score (nSPS) is 17.9. The van der Waals surface area contributed by atoms with Crippen molar-refractivity contribution in [2.75, 3.05) is 25.0 Å². The molecule has 0 atom stereocenters. The van der Waals surface area contributed by atoms with Gasteiger partial charge in [0.25, 0.3) is 0 Å². The second kappa shape index (κ2) is 7.11. The molecule has 0 aromatic carbocycles. The molecular weight excluding hydrogens is 279 g/mol. The van der Waals surface area contributed by atoms with Crippen LogP contribution in [0.1, 0.15) is 31.7 Å². The summed E-state index contributed by atoms with van der Waals surface area (Å²) in [6, 6.07) is 3.91. The highest BCUT2D eigenvalue weighted by Crippen LogP contribution is 2.34. The fourth-order valence-corrected chi connectivity index (χ4v) is 2.55. The van der Waals surface area contributed by atoms with E-state index < -0.39 is 12.1 Å². The Labute approximate surface area is 123 Å². The highest BCUT2D eigenvalue weighted by Gasteiger charge is 2.40. The number of rotatable bonds is 5. The Hall–Kier alpha value is -1.30. The summed E-state index contributed by atoms with van der Waals surface area (Å²) in [5, 5.41) is 3.20. The van der Waals surface area contributed by atoms with Crippen LogP contribution in [0, 0.1) is 5.92 Å². The molecule has 0 spiro atoms. The van der Waals surface area contributed by atoms with Gasteiger partial charge in [-0.3, -0.25) is 4.90 Å². The first-order chi connectivity index (χ1) is 9.99. The molecule has 6 heteroatoms. The molecule has 0 amide bonds. The van der Waals surface area contributed by atoms with Crippen LogP contribution in [0.2, 0.25) is 0 Å². The van der Waals surface area contributed by atoms with E-state index in [0.29, 0.717) is 19.6 Å². The minimum Gasteiger partial charge on any atom is -0.370 e. The van der Waals surface area contributed by atoms with Crippen LogP contribution in [0.25, 0.3) is 0 Å². The molecule has 3 nitrogen and oxygen atoms in total. The zero-order valence-electron chi connectivity index (χ0n) is 12.3. The number of hydrogen-bond donors (Lipinski definition) is 1. The fraction of sp³-hybridized carbons (Fsp3) is 0.667. The maximum atomic E-state index is 12.6. The molecule has 0 unspecified atom stereocenters. The van der Waals surface area contributed by atoms with Gasteiger partial charge in [-0.05, 0) is 44.0 Å². The van der Waals surface area contributed by atoms with Crippen molar-refractivity contribution in [1.29, 1.82) is 0 Å². The van der Waals surface area contributed by atoms with Crippen molar-refractivity contribution in [3.63, 3.8) is 0 Å². The summed E-state index contributed by atoms with van der Waals surface area (Å²) in [7, 11) is 0. The van der Waals surface area contributed by atoms with Crippen molar-refractivity contribution >= 4 is 5.82 Å². The molecule has 1 aromatic heterocycles. The second-order valence-electron chi connectivity index (χ2n) is 5.57. The van der Waals surface area contributed by atoms with E-state index >= 15 is 0 Å². The molecule has 2 heterocycles. The largest absolute Gasteiger partial charge is 0.391 e. The van der Waals surface area contributed by atoms with E-state index in [1.807, 2.05) is 12.1 Å². The third kappa shape index (κ3) is 4.88. The average Bonchev–Trinajstić information content (AvgIpc) is 2.46. The number of aromatic nitrogens is 1. The summed E-state index contributed by atoms with van der Waals surface area (Å²) in [5.74, 6) is -0.288. The molecule has 1 aromatic rings. The minimum absolute atomic E-state index is 0.201. The van der Waals surface area contributed by atoms with Crippen molar-refractivity contribution in [3.05, 3.63) is 23.9 Å². The van der Waals surface area contributed by atoms with Crippen LogP contribution in [-0.2, 0) is 6.54 Å². The molecule has 1 aliphatic rings. The Bertz CT molecular complexity index is 423. The first-order valence-electron chi connectivity index (χ1n) is 7.47. The van der Waals surface area contributed by atoms with Gasteiger partial charge in [0, 0.05) is 19.3 Å². The number of pyridine rings is 1. The van der Waals surface area contributed by atoms with E-state index in [-0.39, 0.29) is 12.8 Å². The van der Waals surface area contributed by atoms with E-state index in [4.69, 9.17) is 0 Å². The third-order valence-corrected chi connectivity index (χ3v) is 3.84. The number of anilines is 1. The van der Waals surface area contributed by atoms with Crippen molar-refractivity contribution in [2.45, 2.75) is 38.9 Å². The smallest absolute Gasteiger partial charge is 0.370 e. The molecule has 0 bridgehead atoms. The van der Waals surface area contributed by atoms with Crippen LogP contribution in [0.3, 0.4) is 0 Å². The fourth-order valence-electron chi connectivity index (χ4n) is 2.55. The Morgan fingerprint density at radius 2 is 2.00 bits per heavy atom. The summed E-state index contributed by atoms with van der Waals surface area (Å²) >= 11 is 0. The lowest BCUT2D eigenvalue weighted by atomic mass is 9.96. The van der Waals surface area contributed by atoms with Gasteiger partial charge in [-0.15, -0.1) is 0 Å². The van der Waals surface area contributed by atoms with Crippen LogP contribution in [0.5, 0.6) is 0 Å². The highest BCUT2D eigenvalue weighted by atomic mass is 19.4. The van der Waals surface area contributed by atoms with Crippen molar-refractivity contribution < 1.29 is 13.2 Å². The molecule has 1 N–H and O–H groups in total. The van der Waals surface area contributed by atoms with Gasteiger partial charge in [-0.1, -0.05) is 13.0 Å². The Balaban J connectivity index is 1.80. The summed E-state index contributed by atoms with van der Waals surface area (Å²) in [6.07, 6.45) is -0.800. The van der Waals surface area contributed by atoms with E-state index in [1.165, 1.54) is 0 Å². The molecule has 1 aliphatic heterocycles. The maximum absolute atomic E-state index is 12.6. The summed E-state index contributed by atoms with van der Waals surface area (Å²) in [4.78, 5) is 6.39. The van der Waals surface area contributed by atoms with E-state index in [9.17, 15) is 13.2 Å². The molecule has 1 saturated heterocycles. The zero-order chi connectivity index (χ0) is 15.3. The molecule has 0 radical (unpaired) electrons. The topological polar surface area (TPSA) is 28.2 Å². The van der Waals surface area contributed by atoms with Crippen LogP contribution in [0.4, 0.5) is 19.0 Å². The quantitative estimate of drug-likeness (QED) is 0.899. The van der Waals surface area contributed by atoms with Gasteiger partial charge in [-0.2, -0.15) is 13.2 Å². The average molecular weight is 301 g/mol. The van der Waals surface area contributed by atoms with Crippen LogP contribution < -0.4 is 5.32 Å². The molecular formula is C15H22F3N3. The minimum atomic E-state index is -4.04. The summed E-state index contributed by atoms with van der Waals surface area (Å²) in [6.45, 7) is 4.65. The molecule has 1 fully saturated rings. The number of nitrogens with one attached hydrogen (secondary N) is 1.